The van der Waals surface area contributed by atoms with E-state index in [-0.39, 0.29) is 11.9 Å². The quantitative estimate of drug-likeness (QED) is 0.675. The molecule has 3 amide bonds. The summed E-state index contributed by atoms with van der Waals surface area (Å²) in [6.45, 7) is 9.88. The van der Waals surface area contributed by atoms with Crippen molar-refractivity contribution in [3.05, 3.63) is 53.1 Å². The summed E-state index contributed by atoms with van der Waals surface area (Å²) in [4.78, 5) is 30.2. The molecule has 2 aliphatic heterocycles. The number of piperidine rings is 1. The van der Waals surface area contributed by atoms with Crippen LogP contribution in [-0.4, -0.2) is 43.0 Å². The second-order valence-electron chi connectivity index (χ2n) is 9.28. The van der Waals surface area contributed by atoms with Gasteiger partial charge in [-0.15, -0.1) is 0 Å². The zero-order chi connectivity index (χ0) is 22.7. The lowest BCUT2D eigenvalue weighted by Gasteiger charge is -2.34. The predicted octanol–water partition coefficient (Wildman–Crippen LogP) is 5.42. The van der Waals surface area contributed by atoms with E-state index in [0.717, 1.165) is 74.7 Å². The van der Waals surface area contributed by atoms with Gasteiger partial charge in [0.25, 0.3) is 5.91 Å². The summed E-state index contributed by atoms with van der Waals surface area (Å²) in [5.41, 5.74) is 5.35. The summed E-state index contributed by atoms with van der Waals surface area (Å²) in [6.07, 6.45) is 4.38. The fraction of sp³-hybridized carbons (Fsp3) is 0.462. The number of anilines is 3. The van der Waals surface area contributed by atoms with Crippen LogP contribution >= 0.6 is 0 Å². The highest BCUT2D eigenvalue weighted by molar-refractivity contribution is 6.04. The van der Waals surface area contributed by atoms with E-state index in [0.29, 0.717) is 11.3 Å². The number of hydrogen-bond acceptors (Lipinski definition) is 3. The Morgan fingerprint density at radius 1 is 0.844 bits per heavy atom. The number of carbonyl (C=O) groups excluding carboxylic acids is 2. The molecule has 2 aromatic carbocycles. The fourth-order valence-electron chi connectivity index (χ4n) is 4.51. The molecule has 6 nitrogen and oxygen atoms in total. The van der Waals surface area contributed by atoms with Gasteiger partial charge < -0.3 is 20.4 Å². The molecule has 6 heteroatoms. The third kappa shape index (κ3) is 5.06. The smallest absolute Gasteiger partial charge is 0.323 e. The van der Waals surface area contributed by atoms with E-state index in [1.165, 1.54) is 5.56 Å². The molecule has 32 heavy (non-hydrogen) atoms. The Labute approximate surface area is 191 Å². The van der Waals surface area contributed by atoms with Gasteiger partial charge in [0.15, 0.2) is 0 Å². The molecule has 0 aliphatic carbocycles. The molecule has 2 heterocycles. The van der Waals surface area contributed by atoms with Gasteiger partial charge in [0, 0.05) is 43.2 Å². The normalized spacial score (nSPS) is 16.8. The van der Waals surface area contributed by atoms with Crippen LogP contribution in [0.5, 0.6) is 0 Å². The Kier molecular flexibility index (Phi) is 6.68. The number of nitrogens with zero attached hydrogens (tertiary/aromatic N) is 2. The van der Waals surface area contributed by atoms with Gasteiger partial charge >= 0.3 is 6.03 Å². The van der Waals surface area contributed by atoms with Crippen molar-refractivity contribution in [2.75, 3.05) is 41.7 Å². The number of amides is 3. The lowest BCUT2D eigenvalue weighted by molar-refractivity contribution is 0.0793. The molecule has 0 atom stereocenters. The van der Waals surface area contributed by atoms with Crippen molar-refractivity contribution in [3.63, 3.8) is 0 Å². The molecular formula is C26H34N4O2. The first-order chi connectivity index (χ1) is 15.4. The first-order valence-corrected chi connectivity index (χ1v) is 11.7. The van der Waals surface area contributed by atoms with E-state index in [4.69, 9.17) is 0 Å². The minimum atomic E-state index is -0.313. The van der Waals surface area contributed by atoms with Crippen LogP contribution in [0.4, 0.5) is 21.9 Å². The molecule has 0 aromatic heterocycles. The molecular weight excluding hydrogens is 400 g/mol. The minimum Gasteiger partial charge on any atom is -0.371 e. The Bertz CT molecular complexity index is 989. The number of benzene rings is 2. The summed E-state index contributed by atoms with van der Waals surface area (Å²) < 4.78 is 0. The maximum absolute atomic E-state index is 13.3. The summed E-state index contributed by atoms with van der Waals surface area (Å²) in [6, 6.07) is 11.3. The number of likely N-dealkylation sites (tertiary alicyclic amines) is 1. The predicted molar refractivity (Wildman–Crippen MR) is 131 cm³/mol. The Morgan fingerprint density at radius 2 is 1.47 bits per heavy atom. The van der Waals surface area contributed by atoms with Crippen molar-refractivity contribution in [2.45, 2.75) is 46.5 Å². The maximum Gasteiger partial charge on any atom is 0.323 e. The molecule has 0 unspecified atom stereocenters. The number of hydrogen-bond donors (Lipinski definition) is 2. The van der Waals surface area contributed by atoms with Crippen molar-refractivity contribution < 1.29 is 9.59 Å². The number of carbonyl (C=O) groups is 2. The van der Waals surface area contributed by atoms with Crippen LogP contribution in [-0.2, 0) is 0 Å². The molecule has 0 radical (unpaired) electrons. The van der Waals surface area contributed by atoms with E-state index in [1.807, 2.05) is 55.1 Å². The van der Waals surface area contributed by atoms with Crippen LogP contribution < -0.4 is 15.5 Å². The minimum absolute atomic E-state index is 0.0642. The summed E-state index contributed by atoms with van der Waals surface area (Å²) in [5.74, 6) is 0.786. The van der Waals surface area contributed by atoms with Gasteiger partial charge in [-0.1, -0.05) is 13.0 Å². The Hall–Kier alpha value is -3.02. The second-order valence-corrected chi connectivity index (χ2v) is 9.28. The molecule has 0 bridgehead atoms. The van der Waals surface area contributed by atoms with Crippen molar-refractivity contribution in [3.8, 4) is 0 Å². The van der Waals surface area contributed by atoms with Crippen LogP contribution in [0.3, 0.4) is 0 Å². The molecule has 4 rings (SSSR count). The average molecular weight is 435 g/mol. The fourth-order valence-corrected chi connectivity index (χ4v) is 4.51. The molecule has 0 spiro atoms. The topological polar surface area (TPSA) is 64.7 Å². The van der Waals surface area contributed by atoms with Crippen LogP contribution in [0.25, 0.3) is 0 Å². The molecule has 2 aromatic rings. The zero-order valence-electron chi connectivity index (χ0n) is 19.4. The summed E-state index contributed by atoms with van der Waals surface area (Å²) >= 11 is 0. The van der Waals surface area contributed by atoms with Crippen molar-refractivity contribution >= 4 is 29.0 Å². The molecule has 0 saturated carbocycles. The molecule has 2 fully saturated rings. The second kappa shape index (κ2) is 9.63. The maximum atomic E-state index is 13.3. The highest BCUT2D eigenvalue weighted by atomic mass is 16.2. The van der Waals surface area contributed by atoms with Crippen LogP contribution in [0, 0.1) is 19.8 Å². The summed E-state index contributed by atoms with van der Waals surface area (Å²) in [5, 5.41) is 5.80. The number of rotatable bonds is 4. The van der Waals surface area contributed by atoms with Crippen LogP contribution in [0.2, 0.25) is 0 Å². The number of urea groups is 1. The van der Waals surface area contributed by atoms with E-state index in [1.54, 1.807) is 0 Å². The van der Waals surface area contributed by atoms with Gasteiger partial charge in [0.05, 0.1) is 5.56 Å². The van der Waals surface area contributed by atoms with Gasteiger partial charge in [-0.25, -0.2) is 4.79 Å². The number of aryl methyl sites for hydroxylation is 2. The van der Waals surface area contributed by atoms with Gasteiger partial charge in [0.2, 0.25) is 0 Å². The highest BCUT2D eigenvalue weighted by Crippen LogP contribution is 2.30. The van der Waals surface area contributed by atoms with Gasteiger partial charge in [-0.2, -0.15) is 0 Å². The summed E-state index contributed by atoms with van der Waals surface area (Å²) in [7, 11) is 0. The average Bonchev–Trinajstić information content (AvgIpc) is 3.31. The third-order valence-electron chi connectivity index (χ3n) is 6.77. The largest absolute Gasteiger partial charge is 0.371 e. The zero-order valence-corrected chi connectivity index (χ0v) is 19.4. The standard InChI is InChI=1S/C26H34N4O2/c1-18-10-14-29(15-11-18)24-9-8-22(17-23(24)25(31)30-12-4-5-13-30)28-26(32)27-21-7-6-19(2)20(3)16-21/h6-9,16-18H,4-5,10-15H2,1-3H3,(H2,27,28,32). The van der Waals surface area contributed by atoms with Gasteiger partial charge in [-0.05, 0) is 86.9 Å². The van der Waals surface area contributed by atoms with Crippen LogP contribution in [0.1, 0.15) is 54.1 Å². The molecule has 2 saturated heterocycles. The van der Waals surface area contributed by atoms with E-state index in [9.17, 15) is 9.59 Å². The number of nitrogens with one attached hydrogen (secondary N) is 2. The van der Waals surface area contributed by atoms with Crippen molar-refractivity contribution in [1.29, 1.82) is 0 Å². The molecule has 2 N–H and O–H groups in total. The van der Waals surface area contributed by atoms with Gasteiger partial charge in [-0.3, -0.25) is 4.79 Å². The van der Waals surface area contributed by atoms with Crippen molar-refractivity contribution in [1.82, 2.24) is 4.90 Å². The van der Waals surface area contributed by atoms with E-state index < -0.39 is 0 Å². The lowest BCUT2D eigenvalue weighted by Crippen LogP contribution is -2.35. The van der Waals surface area contributed by atoms with Crippen LogP contribution in [0.15, 0.2) is 36.4 Å². The SMILES string of the molecule is Cc1ccc(NC(=O)Nc2ccc(N3CCC(C)CC3)c(C(=O)N3CCCC3)c2)cc1C. The van der Waals surface area contributed by atoms with Gasteiger partial charge in [0.1, 0.15) is 0 Å². The molecule has 2 aliphatic rings. The highest BCUT2D eigenvalue weighted by Gasteiger charge is 2.26. The monoisotopic (exact) mass is 434 g/mol. The lowest BCUT2D eigenvalue weighted by atomic mass is 9.97. The Balaban J connectivity index is 1.54. The van der Waals surface area contributed by atoms with E-state index >= 15 is 0 Å². The first kappa shape index (κ1) is 22.2. The third-order valence-corrected chi connectivity index (χ3v) is 6.77. The van der Waals surface area contributed by atoms with Crippen molar-refractivity contribution in [2.24, 2.45) is 5.92 Å². The Morgan fingerprint density at radius 3 is 2.12 bits per heavy atom. The first-order valence-electron chi connectivity index (χ1n) is 11.7. The van der Waals surface area contributed by atoms with E-state index in [2.05, 4.69) is 22.5 Å². The molecule has 170 valence electrons.